The van der Waals surface area contributed by atoms with Gasteiger partial charge >= 0.3 is 0 Å². The van der Waals surface area contributed by atoms with Crippen molar-refractivity contribution in [2.24, 2.45) is 0 Å². The van der Waals surface area contributed by atoms with Gasteiger partial charge in [0.05, 0.1) is 19.3 Å². The van der Waals surface area contributed by atoms with Gasteiger partial charge in [0.15, 0.2) is 0 Å². The summed E-state index contributed by atoms with van der Waals surface area (Å²) < 4.78 is 5.59. The highest BCUT2D eigenvalue weighted by Crippen LogP contribution is 2.27. The zero-order valence-corrected chi connectivity index (χ0v) is 9.84. The molecule has 15 heavy (non-hydrogen) atoms. The van der Waals surface area contributed by atoms with Crippen molar-refractivity contribution in [1.29, 1.82) is 0 Å². The molecule has 3 heteroatoms. The lowest BCUT2D eigenvalue weighted by molar-refractivity contribution is 0.0127. The van der Waals surface area contributed by atoms with Crippen LogP contribution in [0.25, 0.3) is 0 Å². The summed E-state index contributed by atoms with van der Waals surface area (Å²) in [5.41, 5.74) is 1.13. The van der Waals surface area contributed by atoms with E-state index in [0.717, 1.165) is 17.2 Å². The number of nitrogens with one attached hydrogen (secondary N) is 1. The molecule has 1 fully saturated rings. The average molecular weight is 226 g/mol. The number of morpholine rings is 1. The molecule has 82 valence electrons. The zero-order chi connectivity index (χ0) is 10.9. The zero-order valence-electron chi connectivity index (χ0n) is 9.09. The third-order valence-corrected chi connectivity index (χ3v) is 2.94. The Hall–Kier alpha value is -0.570. The molecule has 0 radical (unpaired) electrons. The molecule has 0 aromatic heterocycles. The number of benzene rings is 1. The largest absolute Gasteiger partial charge is 0.378 e. The number of rotatable bonds is 1. The molecule has 1 aliphatic rings. The van der Waals surface area contributed by atoms with Crippen LogP contribution in [0.1, 0.15) is 25.5 Å². The van der Waals surface area contributed by atoms with Gasteiger partial charge in [-0.05, 0) is 25.5 Å². The second kappa shape index (κ2) is 4.12. The smallest absolute Gasteiger partial charge is 0.0663 e. The SMILES string of the molecule is CC1(C)COCC(c2ccccc2Cl)N1. The Bertz CT molecular complexity index is 351. The van der Waals surface area contributed by atoms with Crippen molar-refractivity contribution >= 4 is 11.6 Å². The molecule has 0 saturated carbocycles. The van der Waals surface area contributed by atoms with Crippen molar-refractivity contribution in [3.8, 4) is 0 Å². The summed E-state index contributed by atoms with van der Waals surface area (Å²) in [5.74, 6) is 0. The van der Waals surface area contributed by atoms with Gasteiger partial charge in [0, 0.05) is 10.6 Å². The number of hydrogen-bond acceptors (Lipinski definition) is 2. The first kappa shape index (κ1) is 10.9. The maximum Gasteiger partial charge on any atom is 0.0663 e. The van der Waals surface area contributed by atoms with E-state index in [1.165, 1.54) is 0 Å². The molecular formula is C12H16ClNO. The molecule has 1 N–H and O–H groups in total. The summed E-state index contributed by atoms with van der Waals surface area (Å²) in [4.78, 5) is 0. The van der Waals surface area contributed by atoms with Gasteiger partial charge in [-0.25, -0.2) is 0 Å². The molecule has 0 spiro atoms. The standard InChI is InChI=1S/C12H16ClNO/c1-12(2)8-15-7-11(14-12)9-5-3-4-6-10(9)13/h3-6,11,14H,7-8H2,1-2H3. The molecule has 1 aliphatic heterocycles. The van der Waals surface area contributed by atoms with E-state index in [1.807, 2.05) is 24.3 Å². The van der Waals surface area contributed by atoms with Gasteiger partial charge in [0.1, 0.15) is 0 Å². The molecule has 1 saturated heterocycles. The van der Waals surface area contributed by atoms with Crippen LogP contribution >= 0.6 is 11.6 Å². The van der Waals surface area contributed by atoms with Gasteiger partial charge < -0.3 is 10.1 Å². The Morgan fingerprint density at radius 2 is 2.13 bits per heavy atom. The summed E-state index contributed by atoms with van der Waals surface area (Å²) in [7, 11) is 0. The molecule has 0 bridgehead atoms. The maximum atomic E-state index is 6.16. The Kier molecular flexibility index (Phi) is 3.01. The van der Waals surface area contributed by atoms with Gasteiger partial charge in [0.2, 0.25) is 0 Å². The lowest BCUT2D eigenvalue weighted by Gasteiger charge is -2.37. The molecule has 0 aliphatic carbocycles. The van der Waals surface area contributed by atoms with Crippen LogP contribution in [0.15, 0.2) is 24.3 Å². The van der Waals surface area contributed by atoms with Crippen LogP contribution in [0.5, 0.6) is 0 Å². The van der Waals surface area contributed by atoms with Crippen molar-refractivity contribution < 1.29 is 4.74 Å². The predicted octanol–water partition coefficient (Wildman–Crippen LogP) is 2.78. The predicted molar refractivity (Wildman–Crippen MR) is 62.2 cm³/mol. The lowest BCUT2D eigenvalue weighted by Crippen LogP contribution is -2.51. The summed E-state index contributed by atoms with van der Waals surface area (Å²) in [6.07, 6.45) is 0. The summed E-state index contributed by atoms with van der Waals surface area (Å²) in [6, 6.07) is 8.11. The van der Waals surface area contributed by atoms with Crippen LogP contribution in [0, 0.1) is 0 Å². The molecule has 1 aromatic carbocycles. The third kappa shape index (κ3) is 2.51. The fourth-order valence-electron chi connectivity index (χ4n) is 1.91. The Morgan fingerprint density at radius 1 is 1.40 bits per heavy atom. The topological polar surface area (TPSA) is 21.3 Å². The number of halogens is 1. The average Bonchev–Trinajstić information content (AvgIpc) is 2.17. The van der Waals surface area contributed by atoms with Gasteiger partial charge in [-0.15, -0.1) is 0 Å². The number of hydrogen-bond donors (Lipinski definition) is 1. The first-order valence-corrected chi connectivity index (χ1v) is 5.56. The minimum atomic E-state index is 0.0160. The van der Waals surface area contributed by atoms with E-state index in [0.29, 0.717) is 6.61 Å². The van der Waals surface area contributed by atoms with Crippen molar-refractivity contribution in [2.45, 2.75) is 25.4 Å². The van der Waals surface area contributed by atoms with Gasteiger partial charge in [-0.1, -0.05) is 29.8 Å². The molecular weight excluding hydrogens is 210 g/mol. The van der Waals surface area contributed by atoms with Crippen molar-refractivity contribution in [3.63, 3.8) is 0 Å². The van der Waals surface area contributed by atoms with E-state index in [-0.39, 0.29) is 11.6 Å². The Labute approximate surface area is 95.6 Å². The Morgan fingerprint density at radius 3 is 2.80 bits per heavy atom. The second-order valence-corrected chi connectivity index (χ2v) is 5.02. The van der Waals surface area contributed by atoms with E-state index >= 15 is 0 Å². The van der Waals surface area contributed by atoms with E-state index in [4.69, 9.17) is 16.3 Å². The lowest BCUT2D eigenvalue weighted by atomic mass is 9.99. The van der Waals surface area contributed by atoms with E-state index in [2.05, 4.69) is 19.2 Å². The van der Waals surface area contributed by atoms with Crippen LogP contribution in [0.3, 0.4) is 0 Å². The van der Waals surface area contributed by atoms with Gasteiger partial charge in [-0.3, -0.25) is 0 Å². The highest BCUT2D eigenvalue weighted by atomic mass is 35.5. The molecule has 2 rings (SSSR count). The second-order valence-electron chi connectivity index (χ2n) is 4.62. The van der Waals surface area contributed by atoms with Crippen LogP contribution in [0.4, 0.5) is 0 Å². The van der Waals surface area contributed by atoms with E-state index < -0.39 is 0 Å². The monoisotopic (exact) mass is 225 g/mol. The van der Waals surface area contributed by atoms with Crippen molar-refractivity contribution in [2.75, 3.05) is 13.2 Å². The molecule has 1 unspecified atom stereocenters. The van der Waals surface area contributed by atoms with Crippen LogP contribution in [-0.4, -0.2) is 18.8 Å². The fourth-order valence-corrected chi connectivity index (χ4v) is 2.18. The molecule has 1 heterocycles. The van der Waals surface area contributed by atoms with E-state index in [1.54, 1.807) is 0 Å². The molecule has 0 amide bonds. The van der Waals surface area contributed by atoms with Gasteiger partial charge in [-0.2, -0.15) is 0 Å². The van der Waals surface area contributed by atoms with E-state index in [9.17, 15) is 0 Å². The normalized spacial score (nSPS) is 25.1. The first-order chi connectivity index (χ1) is 7.08. The van der Waals surface area contributed by atoms with Crippen molar-refractivity contribution in [1.82, 2.24) is 5.32 Å². The molecule has 2 nitrogen and oxygen atoms in total. The maximum absolute atomic E-state index is 6.16. The number of ether oxygens (including phenoxy) is 1. The minimum absolute atomic E-state index is 0.0160. The van der Waals surface area contributed by atoms with Crippen LogP contribution in [0.2, 0.25) is 5.02 Å². The third-order valence-electron chi connectivity index (χ3n) is 2.59. The van der Waals surface area contributed by atoms with Crippen LogP contribution in [-0.2, 0) is 4.74 Å². The summed E-state index contributed by atoms with van der Waals surface area (Å²) in [5, 5.41) is 4.34. The summed E-state index contributed by atoms with van der Waals surface area (Å²) in [6.45, 7) is 5.70. The highest BCUT2D eigenvalue weighted by Gasteiger charge is 2.29. The minimum Gasteiger partial charge on any atom is -0.378 e. The fraction of sp³-hybridized carbons (Fsp3) is 0.500. The van der Waals surface area contributed by atoms with Crippen LogP contribution < -0.4 is 5.32 Å². The summed E-state index contributed by atoms with van der Waals surface area (Å²) >= 11 is 6.16. The van der Waals surface area contributed by atoms with Gasteiger partial charge in [0.25, 0.3) is 0 Å². The van der Waals surface area contributed by atoms with Crippen molar-refractivity contribution in [3.05, 3.63) is 34.9 Å². The quantitative estimate of drug-likeness (QED) is 0.794. The molecule has 1 atom stereocenters. The molecule has 1 aromatic rings. The Balaban J connectivity index is 2.21. The highest BCUT2D eigenvalue weighted by molar-refractivity contribution is 6.31. The first-order valence-electron chi connectivity index (χ1n) is 5.18.